The summed E-state index contributed by atoms with van der Waals surface area (Å²) in [7, 11) is 0. The van der Waals surface area contributed by atoms with Gasteiger partial charge in [0.25, 0.3) is 0 Å². The minimum atomic E-state index is -0.362. The highest BCUT2D eigenvalue weighted by atomic mass is 32.2. The Morgan fingerprint density at radius 1 is 1.21 bits per heavy atom. The first-order chi connectivity index (χ1) is 13.6. The first-order valence-electron chi connectivity index (χ1n) is 8.92. The molecule has 4 rings (SSSR count). The van der Waals surface area contributed by atoms with Gasteiger partial charge in [0.15, 0.2) is 0 Å². The Hall–Kier alpha value is -2.71. The number of carbonyl (C=O) groups is 1. The van der Waals surface area contributed by atoms with Gasteiger partial charge in [-0.1, -0.05) is 47.6 Å². The molecular weight excluding hydrogens is 379 g/mol. The van der Waals surface area contributed by atoms with Crippen molar-refractivity contribution >= 4 is 17.7 Å². The summed E-state index contributed by atoms with van der Waals surface area (Å²) in [5, 5.41) is 6.58. The van der Waals surface area contributed by atoms with Crippen LogP contribution in [0.25, 0.3) is 11.4 Å². The summed E-state index contributed by atoms with van der Waals surface area (Å²) < 4.78 is 19.2. The Bertz CT molecular complexity index is 976. The van der Waals surface area contributed by atoms with Crippen LogP contribution in [0.15, 0.2) is 53.1 Å². The normalized spacial score (nSPS) is 19.4. The van der Waals surface area contributed by atoms with Crippen LogP contribution in [0, 0.1) is 5.82 Å². The summed E-state index contributed by atoms with van der Waals surface area (Å²) in [5.41, 5.74) is 7.98. The van der Waals surface area contributed by atoms with Crippen molar-refractivity contribution in [2.45, 2.75) is 24.3 Å². The van der Waals surface area contributed by atoms with Crippen molar-refractivity contribution < 1.29 is 13.7 Å². The topological polar surface area (TPSA) is 94.0 Å². The van der Waals surface area contributed by atoms with Gasteiger partial charge in [0.2, 0.25) is 17.6 Å². The van der Waals surface area contributed by atoms with E-state index in [2.05, 4.69) is 15.5 Å². The molecule has 8 heteroatoms. The fraction of sp³-hybridized carbons (Fsp3) is 0.250. The van der Waals surface area contributed by atoms with Crippen molar-refractivity contribution in [3.05, 3.63) is 71.4 Å². The molecule has 0 radical (unpaired) electrons. The number of nitrogens with one attached hydrogen (secondary N) is 1. The van der Waals surface area contributed by atoms with Gasteiger partial charge in [0.05, 0.1) is 5.25 Å². The molecule has 3 aromatic rings. The maximum absolute atomic E-state index is 13.8. The number of thioether (sulfide) groups is 1. The van der Waals surface area contributed by atoms with Crippen LogP contribution in [0.4, 0.5) is 4.39 Å². The van der Waals surface area contributed by atoms with Crippen molar-refractivity contribution in [2.75, 3.05) is 5.75 Å². The molecule has 1 saturated heterocycles. The molecule has 6 nitrogen and oxygen atoms in total. The molecule has 0 bridgehead atoms. The maximum atomic E-state index is 13.8. The Balaban J connectivity index is 1.42. The van der Waals surface area contributed by atoms with Gasteiger partial charge in [-0.25, -0.2) is 4.39 Å². The number of nitrogens with two attached hydrogens (primary N) is 1. The lowest BCUT2D eigenvalue weighted by molar-refractivity contribution is -0.121. The predicted octanol–water partition coefficient (Wildman–Crippen LogP) is 2.85. The summed E-state index contributed by atoms with van der Waals surface area (Å²) in [6.07, 6.45) is 0.346. The smallest absolute Gasteiger partial charge is 0.250 e. The highest BCUT2D eigenvalue weighted by molar-refractivity contribution is 8.00. The first kappa shape index (κ1) is 18.6. The summed E-state index contributed by atoms with van der Waals surface area (Å²) in [6, 6.07) is 13.8. The highest BCUT2D eigenvalue weighted by Gasteiger charge is 2.32. The molecule has 2 heterocycles. The van der Waals surface area contributed by atoms with Crippen LogP contribution >= 0.6 is 11.8 Å². The second-order valence-corrected chi connectivity index (χ2v) is 7.77. The zero-order valence-electron chi connectivity index (χ0n) is 15.0. The number of benzene rings is 2. The van der Waals surface area contributed by atoms with Crippen molar-refractivity contribution in [3.63, 3.8) is 0 Å². The molecule has 0 aliphatic carbocycles. The number of hydrogen-bond acceptors (Lipinski definition) is 6. The summed E-state index contributed by atoms with van der Waals surface area (Å²) in [6.45, 7) is 0.469. The van der Waals surface area contributed by atoms with Crippen molar-refractivity contribution in [2.24, 2.45) is 5.73 Å². The van der Waals surface area contributed by atoms with Crippen LogP contribution in [0.1, 0.15) is 23.1 Å². The number of halogens is 1. The fourth-order valence-electron chi connectivity index (χ4n) is 3.03. The first-order valence-corrected chi connectivity index (χ1v) is 9.97. The second-order valence-electron chi connectivity index (χ2n) is 6.54. The Morgan fingerprint density at radius 2 is 2.00 bits per heavy atom. The van der Waals surface area contributed by atoms with Crippen molar-refractivity contribution in [1.29, 1.82) is 0 Å². The monoisotopic (exact) mass is 398 g/mol. The van der Waals surface area contributed by atoms with Gasteiger partial charge in [0, 0.05) is 17.9 Å². The lowest BCUT2D eigenvalue weighted by Crippen LogP contribution is -2.42. The van der Waals surface area contributed by atoms with Gasteiger partial charge >= 0.3 is 0 Å². The average molecular weight is 398 g/mol. The van der Waals surface area contributed by atoms with Crippen molar-refractivity contribution in [1.82, 2.24) is 15.5 Å². The van der Waals surface area contributed by atoms with Gasteiger partial charge < -0.3 is 15.6 Å². The van der Waals surface area contributed by atoms with Crippen LogP contribution < -0.4 is 11.1 Å². The lowest BCUT2D eigenvalue weighted by atomic mass is 10.1. The molecule has 2 unspecified atom stereocenters. The fourth-order valence-corrected chi connectivity index (χ4v) is 4.19. The Labute approximate surface area is 165 Å². The molecule has 1 aromatic heterocycles. The third-order valence-electron chi connectivity index (χ3n) is 4.62. The molecule has 1 fully saturated rings. The van der Waals surface area contributed by atoms with Gasteiger partial charge in [-0.15, -0.1) is 11.8 Å². The summed E-state index contributed by atoms with van der Waals surface area (Å²) in [4.78, 5) is 16.9. The van der Waals surface area contributed by atoms with E-state index in [9.17, 15) is 9.18 Å². The number of rotatable bonds is 5. The number of carbonyl (C=O) groups excluding carboxylic acids is 1. The lowest BCUT2D eigenvalue weighted by Gasteiger charge is -2.26. The van der Waals surface area contributed by atoms with Crippen LogP contribution in [-0.2, 0) is 17.8 Å². The van der Waals surface area contributed by atoms with Crippen molar-refractivity contribution in [3.8, 4) is 11.4 Å². The van der Waals surface area contributed by atoms with Gasteiger partial charge in [-0.3, -0.25) is 4.79 Å². The summed E-state index contributed by atoms with van der Waals surface area (Å²) in [5.74, 6) is 0.963. The Morgan fingerprint density at radius 3 is 2.71 bits per heavy atom. The maximum Gasteiger partial charge on any atom is 0.250 e. The van der Waals surface area contributed by atoms with E-state index in [1.807, 2.05) is 24.3 Å². The standard InChI is InChI=1S/C20H19FN4O2S/c21-15-4-2-1-3-14(15)9-17-19(26)23-16(11-28-17)20-24-18(25-27-20)13-7-5-12(10-22)6-8-13/h1-8,16-17H,9-11,22H2,(H,23,26). The average Bonchev–Trinajstić information content (AvgIpc) is 3.21. The number of hydrogen-bond donors (Lipinski definition) is 2. The van der Waals surface area contributed by atoms with Gasteiger partial charge in [-0.05, 0) is 23.6 Å². The summed E-state index contributed by atoms with van der Waals surface area (Å²) >= 11 is 1.47. The van der Waals surface area contributed by atoms with Crippen LogP contribution in [0.2, 0.25) is 0 Å². The molecule has 3 N–H and O–H groups in total. The predicted molar refractivity (Wildman–Crippen MR) is 105 cm³/mol. The SMILES string of the molecule is NCc1ccc(-c2noc(C3CSC(Cc4ccccc4F)C(=O)N3)n2)cc1. The minimum Gasteiger partial charge on any atom is -0.343 e. The quantitative estimate of drug-likeness (QED) is 0.686. The minimum absolute atomic E-state index is 0.156. The second kappa shape index (κ2) is 8.12. The molecule has 2 atom stereocenters. The van der Waals surface area contributed by atoms with E-state index in [1.54, 1.807) is 18.2 Å². The molecule has 144 valence electrons. The number of aromatic nitrogens is 2. The van der Waals surface area contributed by atoms with E-state index >= 15 is 0 Å². The third kappa shape index (κ3) is 3.93. The largest absolute Gasteiger partial charge is 0.343 e. The van der Waals surface area contributed by atoms with E-state index in [-0.39, 0.29) is 23.0 Å². The Kier molecular flexibility index (Phi) is 5.40. The van der Waals surface area contributed by atoms with Crippen LogP contribution in [0.5, 0.6) is 0 Å². The molecular formula is C20H19FN4O2S. The van der Waals surface area contributed by atoms with Crippen LogP contribution in [-0.4, -0.2) is 27.1 Å². The number of amides is 1. The molecule has 28 heavy (non-hydrogen) atoms. The zero-order chi connectivity index (χ0) is 19.5. The molecule has 0 spiro atoms. The van der Waals surface area contributed by atoms with E-state index < -0.39 is 0 Å². The molecule has 1 aliphatic heterocycles. The van der Waals surface area contributed by atoms with Gasteiger partial charge in [-0.2, -0.15) is 4.98 Å². The zero-order valence-corrected chi connectivity index (χ0v) is 15.8. The highest BCUT2D eigenvalue weighted by Crippen LogP contribution is 2.29. The van der Waals surface area contributed by atoms with Crippen LogP contribution in [0.3, 0.4) is 0 Å². The van der Waals surface area contributed by atoms with E-state index in [4.69, 9.17) is 10.3 Å². The number of nitrogens with zero attached hydrogens (tertiary/aromatic N) is 2. The third-order valence-corrected chi connectivity index (χ3v) is 5.93. The van der Waals surface area contributed by atoms with E-state index in [1.165, 1.54) is 17.8 Å². The van der Waals surface area contributed by atoms with Gasteiger partial charge in [0.1, 0.15) is 11.9 Å². The van der Waals surface area contributed by atoms with E-state index in [0.29, 0.717) is 36.0 Å². The molecule has 2 aromatic carbocycles. The molecule has 1 amide bonds. The molecule has 1 aliphatic rings. The molecule has 0 saturated carbocycles. The van der Waals surface area contributed by atoms with E-state index in [0.717, 1.165) is 11.1 Å².